The highest BCUT2D eigenvalue weighted by atomic mass is 16.5. The van der Waals surface area contributed by atoms with Gasteiger partial charge < -0.3 is 20.1 Å². The largest absolute Gasteiger partial charge is 0.497 e. The molecule has 2 heterocycles. The Balaban J connectivity index is 1.61. The smallest absolute Gasteiger partial charge is 0.338 e. The van der Waals surface area contributed by atoms with Crippen molar-refractivity contribution in [3.05, 3.63) is 77.0 Å². The fourth-order valence-electron chi connectivity index (χ4n) is 4.44. The Morgan fingerprint density at radius 2 is 1.84 bits per heavy atom. The highest BCUT2D eigenvalue weighted by Gasteiger charge is 2.35. The van der Waals surface area contributed by atoms with Crippen LogP contribution in [-0.2, 0) is 9.53 Å². The number of likely N-dealkylation sites (tertiary alicyclic amines) is 1. The van der Waals surface area contributed by atoms with Crippen LogP contribution in [0.5, 0.6) is 5.75 Å². The molecule has 1 saturated heterocycles. The highest BCUT2D eigenvalue weighted by molar-refractivity contribution is 5.95. The highest BCUT2D eigenvalue weighted by Crippen LogP contribution is 2.31. The summed E-state index contributed by atoms with van der Waals surface area (Å²) in [6.45, 7) is 4.30. The molecule has 0 aromatic heterocycles. The molecular formula is C25H29N3O4. The maximum atomic E-state index is 13.0. The molecule has 4 rings (SSSR count). The standard InChI is InChI=1S/C25H29N3O4/c1-3-32-24(29)22-21(16-28-14-13-19(15-28)17-7-5-4-6-8-17)26-25(30)27-23(22)18-9-11-20(31-2)12-10-18/h4-12,19,23H,3,13-16H2,1-2H3,(H2,26,27,30)/t19-,23-/m0/s1. The number of amides is 2. The number of ether oxygens (including phenoxy) is 2. The van der Waals surface area contributed by atoms with Crippen molar-refractivity contribution in [3.63, 3.8) is 0 Å². The summed E-state index contributed by atoms with van der Waals surface area (Å²) in [6.07, 6.45) is 1.04. The zero-order valence-corrected chi connectivity index (χ0v) is 18.5. The summed E-state index contributed by atoms with van der Waals surface area (Å²) in [5, 5.41) is 5.75. The normalized spacial score (nSPS) is 21.1. The van der Waals surface area contributed by atoms with Gasteiger partial charge in [-0.15, -0.1) is 0 Å². The van der Waals surface area contributed by atoms with Gasteiger partial charge in [0.15, 0.2) is 0 Å². The lowest BCUT2D eigenvalue weighted by Gasteiger charge is -2.31. The van der Waals surface area contributed by atoms with E-state index < -0.39 is 12.0 Å². The summed E-state index contributed by atoms with van der Waals surface area (Å²) in [5.74, 6) is 0.729. The molecule has 32 heavy (non-hydrogen) atoms. The number of benzene rings is 2. The van der Waals surface area contributed by atoms with Crippen LogP contribution in [0.1, 0.15) is 36.4 Å². The minimum atomic E-state index is -0.587. The molecule has 2 aliphatic heterocycles. The number of hydrogen-bond acceptors (Lipinski definition) is 5. The molecule has 7 heteroatoms. The predicted molar refractivity (Wildman–Crippen MR) is 121 cm³/mol. The second kappa shape index (κ2) is 9.87. The van der Waals surface area contributed by atoms with E-state index in [1.54, 1.807) is 14.0 Å². The van der Waals surface area contributed by atoms with E-state index in [1.165, 1.54) is 5.56 Å². The summed E-state index contributed by atoms with van der Waals surface area (Å²) in [7, 11) is 1.60. The van der Waals surface area contributed by atoms with Crippen LogP contribution >= 0.6 is 0 Å². The van der Waals surface area contributed by atoms with Crippen LogP contribution in [-0.4, -0.2) is 50.3 Å². The molecule has 0 unspecified atom stereocenters. The van der Waals surface area contributed by atoms with Crippen LogP contribution in [0, 0.1) is 0 Å². The molecule has 2 amide bonds. The van der Waals surface area contributed by atoms with E-state index in [-0.39, 0.29) is 12.6 Å². The fourth-order valence-corrected chi connectivity index (χ4v) is 4.44. The summed E-state index contributed by atoms with van der Waals surface area (Å²) >= 11 is 0. The molecule has 0 radical (unpaired) electrons. The number of carbonyl (C=O) groups is 2. The Bertz CT molecular complexity index is 988. The Morgan fingerprint density at radius 1 is 1.09 bits per heavy atom. The number of methoxy groups -OCH3 is 1. The number of nitrogens with zero attached hydrogens (tertiary/aromatic N) is 1. The first-order valence-corrected chi connectivity index (χ1v) is 11.0. The monoisotopic (exact) mass is 435 g/mol. The molecule has 7 nitrogen and oxygen atoms in total. The van der Waals surface area contributed by atoms with Crippen LogP contribution in [0.2, 0.25) is 0 Å². The zero-order valence-electron chi connectivity index (χ0n) is 18.5. The lowest BCUT2D eigenvalue weighted by Crippen LogP contribution is -2.48. The molecule has 0 bridgehead atoms. The number of nitrogens with one attached hydrogen (secondary N) is 2. The van der Waals surface area contributed by atoms with Crippen molar-refractivity contribution >= 4 is 12.0 Å². The van der Waals surface area contributed by atoms with Gasteiger partial charge in [-0.05, 0) is 49.1 Å². The predicted octanol–water partition coefficient (Wildman–Crippen LogP) is 3.36. The van der Waals surface area contributed by atoms with Crippen molar-refractivity contribution < 1.29 is 19.1 Å². The van der Waals surface area contributed by atoms with Crippen molar-refractivity contribution in [3.8, 4) is 5.75 Å². The van der Waals surface area contributed by atoms with Gasteiger partial charge in [0.2, 0.25) is 0 Å². The van der Waals surface area contributed by atoms with E-state index >= 15 is 0 Å². The van der Waals surface area contributed by atoms with E-state index in [4.69, 9.17) is 9.47 Å². The van der Waals surface area contributed by atoms with Gasteiger partial charge in [0, 0.05) is 18.8 Å². The van der Waals surface area contributed by atoms with E-state index in [2.05, 4.69) is 39.8 Å². The third-order valence-electron chi connectivity index (χ3n) is 6.02. The zero-order chi connectivity index (χ0) is 22.5. The Hall–Kier alpha value is -3.32. The summed E-state index contributed by atoms with van der Waals surface area (Å²) in [5.41, 5.74) is 3.16. The van der Waals surface area contributed by atoms with Gasteiger partial charge in [0.25, 0.3) is 0 Å². The number of rotatable bonds is 7. The quantitative estimate of drug-likeness (QED) is 0.652. The minimum Gasteiger partial charge on any atom is -0.497 e. The van der Waals surface area contributed by atoms with Crippen molar-refractivity contribution in [2.75, 3.05) is 33.4 Å². The average molecular weight is 436 g/mol. The maximum Gasteiger partial charge on any atom is 0.338 e. The van der Waals surface area contributed by atoms with Gasteiger partial charge in [0.1, 0.15) is 5.75 Å². The molecule has 0 aliphatic carbocycles. The van der Waals surface area contributed by atoms with Crippen LogP contribution < -0.4 is 15.4 Å². The Labute approximate surface area is 188 Å². The topological polar surface area (TPSA) is 79.9 Å². The molecule has 0 saturated carbocycles. The third kappa shape index (κ3) is 4.78. The van der Waals surface area contributed by atoms with E-state index in [0.29, 0.717) is 29.5 Å². The molecule has 2 aromatic carbocycles. The molecule has 168 valence electrons. The summed E-state index contributed by atoms with van der Waals surface area (Å²) in [4.78, 5) is 27.8. The van der Waals surface area contributed by atoms with Crippen LogP contribution in [0.25, 0.3) is 0 Å². The first kappa shape index (κ1) is 21.9. The van der Waals surface area contributed by atoms with Crippen LogP contribution in [0.15, 0.2) is 65.9 Å². The lowest BCUT2D eigenvalue weighted by molar-refractivity contribution is -0.139. The van der Waals surface area contributed by atoms with Gasteiger partial charge in [-0.25, -0.2) is 9.59 Å². The second-order valence-corrected chi connectivity index (χ2v) is 8.05. The molecule has 2 aliphatic rings. The summed E-state index contributed by atoms with van der Waals surface area (Å²) < 4.78 is 10.6. The Morgan fingerprint density at radius 3 is 2.53 bits per heavy atom. The number of carbonyl (C=O) groups excluding carboxylic acids is 2. The van der Waals surface area contributed by atoms with Gasteiger partial charge in [-0.1, -0.05) is 42.5 Å². The SMILES string of the molecule is CCOC(=O)C1=C(CN2CC[C@H](c3ccccc3)C2)NC(=O)N[C@H]1c1ccc(OC)cc1. The Kier molecular flexibility index (Phi) is 6.75. The van der Waals surface area contributed by atoms with Crippen molar-refractivity contribution in [1.82, 2.24) is 15.5 Å². The number of urea groups is 1. The van der Waals surface area contributed by atoms with Gasteiger partial charge in [0.05, 0.1) is 25.3 Å². The second-order valence-electron chi connectivity index (χ2n) is 8.05. The minimum absolute atomic E-state index is 0.263. The lowest BCUT2D eigenvalue weighted by atomic mass is 9.95. The number of esters is 1. The van der Waals surface area contributed by atoms with E-state index in [0.717, 1.165) is 25.1 Å². The van der Waals surface area contributed by atoms with Gasteiger partial charge >= 0.3 is 12.0 Å². The molecular weight excluding hydrogens is 406 g/mol. The van der Waals surface area contributed by atoms with Crippen molar-refractivity contribution in [2.45, 2.75) is 25.3 Å². The summed E-state index contributed by atoms with van der Waals surface area (Å²) in [6, 6.07) is 16.9. The average Bonchev–Trinajstić information content (AvgIpc) is 3.28. The molecule has 2 aromatic rings. The fraction of sp³-hybridized carbons (Fsp3) is 0.360. The van der Waals surface area contributed by atoms with Crippen molar-refractivity contribution in [1.29, 1.82) is 0 Å². The first-order valence-electron chi connectivity index (χ1n) is 11.0. The van der Waals surface area contributed by atoms with Gasteiger partial charge in [-0.3, -0.25) is 4.90 Å². The molecule has 0 spiro atoms. The van der Waals surface area contributed by atoms with Crippen LogP contribution in [0.4, 0.5) is 4.79 Å². The molecule has 1 fully saturated rings. The van der Waals surface area contributed by atoms with Crippen LogP contribution in [0.3, 0.4) is 0 Å². The van der Waals surface area contributed by atoms with Crippen molar-refractivity contribution in [2.24, 2.45) is 0 Å². The first-order chi connectivity index (χ1) is 15.6. The van der Waals surface area contributed by atoms with E-state index in [1.807, 2.05) is 30.3 Å². The molecule has 2 N–H and O–H groups in total. The molecule has 2 atom stereocenters. The van der Waals surface area contributed by atoms with Gasteiger partial charge in [-0.2, -0.15) is 0 Å². The van der Waals surface area contributed by atoms with E-state index in [9.17, 15) is 9.59 Å². The number of hydrogen-bond donors (Lipinski definition) is 2. The maximum absolute atomic E-state index is 13.0. The third-order valence-corrected chi connectivity index (χ3v) is 6.02.